The Kier molecular flexibility index (Phi) is 4.39. The van der Waals surface area contributed by atoms with Gasteiger partial charge in [0.2, 0.25) is 0 Å². The molecule has 0 radical (unpaired) electrons. The molecule has 0 bridgehead atoms. The Labute approximate surface area is 116 Å². The summed E-state index contributed by atoms with van der Waals surface area (Å²) in [4.78, 5) is 0. The van der Waals surface area contributed by atoms with E-state index in [4.69, 9.17) is 10.5 Å². The fraction of sp³-hybridized carbons (Fsp3) is 0.200. The molecule has 0 aliphatic rings. The lowest BCUT2D eigenvalue weighted by Crippen LogP contribution is -2.00. The zero-order valence-corrected chi connectivity index (χ0v) is 11.9. The van der Waals surface area contributed by atoms with Gasteiger partial charge in [0.15, 0.2) is 0 Å². The maximum Gasteiger partial charge on any atom is 0.122 e. The Morgan fingerprint density at radius 3 is 2.61 bits per heavy atom. The molecule has 2 aromatic rings. The highest BCUT2D eigenvalue weighted by Gasteiger charge is 2.03. The van der Waals surface area contributed by atoms with Crippen LogP contribution in [0.5, 0.6) is 5.75 Å². The fourth-order valence-corrected chi connectivity index (χ4v) is 2.25. The number of ether oxygens (including phenoxy) is 1. The van der Waals surface area contributed by atoms with Crippen LogP contribution >= 0.6 is 15.9 Å². The number of para-hydroxylation sites is 1. The van der Waals surface area contributed by atoms with Crippen LogP contribution in [0.15, 0.2) is 46.9 Å². The van der Waals surface area contributed by atoms with E-state index in [1.807, 2.05) is 49.4 Å². The molecule has 94 valence electrons. The van der Waals surface area contributed by atoms with Crippen LogP contribution in [0.1, 0.15) is 16.7 Å². The Hall–Kier alpha value is -1.32. The first-order valence-electron chi connectivity index (χ1n) is 5.86. The first kappa shape index (κ1) is 13.1. The van der Waals surface area contributed by atoms with Crippen LogP contribution < -0.4 is 10.5 Å². The van der Waals surface area contributed by atoms with Crippen LogP contribution in [0, 0.1) is 6.92 Å². The van der Waals surface area contributed by atoms with E-state index in [1.54, 1.807) is 0 Å². The quantitative estimate of drug-likeness (QED) is 0.932. The third kappa shape index (κ3) is 3.12. The van der Waals surface area contributed by atoms with Gasteiger partial charge in [-0.3, -0.25) is 0 Å². The van der Waals surface area contributed by atoms with Gasteiger partial charge in [-0.15, -0.1) is 0 Å². The average molecular weight is 306 g/mol. The summed E-state index contributed by atoms with van der Waals surface area (Å²) in [6.45, 7) is 3.15. The van der Waals surface area contributed by atoms with Crippen LogP contribution in [0.2, 0.25) is 0 Å². The van der Waals surface area contributed by atoms with Crippen LogP contribution in [-0.4, -0.2) is 0 Å². The molecule has 2 nitrogen and oxygen atoms in total. The van der Waals surface area contributed by atoms with Gasteiger partial charge in [-0.2, -0.15) is 0 Å². The number of hydrogen-bond acceptors (Lipinski definition) is 2. The van der Waals surface area contributed by atoms with Gasteiger partial charge in [-0.1, -0.05) is 46.3 Å². The Morgan fingerprint density at radius 2 is 1.94 bits per heavy atom. The predicted octanol–water partition coefficient (Wildman–Crippen LogP) is 3.80. The van der Waals surface area contributed by atoms with Crippen molar-refractivity contribution < 1.29 is 4.74 Å². The molecular formula is C15H16BrNO. The van der Waals surface area contributed by atoms with Crippen molar-refractivity contribution in [2.24, 2.45) is 5.73 Å². The lowest BCUT2D eigenvalue weighted by atomic mass is 10.1. The van der Waals surface area contributed by atoms with Gasteiger partial charge in [0, 0.05) is 16.6 Å². The lowest BCUT2D eigenvalue weighted by molar-refractivity contribution is 0.303. The topological polar surface area (TPSA) is 35.2 Å². The van der Waals surface area contributed by atoms with Crippen molar-refractivity contribution in [3.63, 3.8) is 0 Å². The number of benzene rings is 2. The lowest BCUT2D eigenvalue weighted by Gasteiger charge is -2.10. The van der Waals surface area contributed by atoms with E-state index in [0.29, 0.717) is 13.2 Å². The summed E-state index contributed by atoms with van der Waals surface area (Å²) < 4.78 is 6.86. The van der Waals surface area contributed by atoms with Crippen molar-refractivity contribution >= 4 is 15.9 Å². The number of rotatable bonds is 4. The molecule has 0 aliphatic heterocycles. The second kappa shape index (κ2) is 6.03. The van der Waals surface area contributed by atoms with Crippen molar-refractivity contribution in [3.8, 4) is 5.75 Å². The highest BCUT2D eigenvalue weighted by molar-refractivity contribution is 9.10. The summed E-state index contributed by atoms with van der Waals surface area (Å²) in [5.41, 5.74) is 8.98. The monoisotopic (exact) mass is 305 g/mol. The molecule has 0 saturated heterocycles. The maximum atomic E-state index is 5.82. The molecule has 0 atom stereocenters. The number of halogens is 1. The Morgan fingerprint density at radius 1 is 1.17 bits per heavy atom. The van der Waals surface area contributed by atoms with Gasteiger partial charge in [0.25, 0.3) is 0 Å². The summed E-state index contributed by atoms with van der Waals surface area (Å²) in [5.74, 6) is 0.923. The molecule has 0 saturated carbocycles. The van der Waals surface area contributed by atoms with Gasteiger partial charge in [-0.25, -0.2) is 0 Å². The molecule has 0 fully saturated rings. The smallest absolute Gasteiger partial charge is 0.122 e. The summed E-state index contributed by atoms with van der Waals surface area (Å²) in [7, 11) is 0. The first-order chi connectivity index (χ1) is 8.70. The van der Waals surface area contributed by atoms with E-state index in [1.165, 1.54) is 0 Å². The van der Waals surface area contributed by atoms with Gasteiger partial charge in [0.05, 0.1) is 0 Å². The third-order valence-electron chi connectivity index (χ3n) is 2.83. The normalized spacial score (nSPS) is 10.4. The van der Waals surface area contributed by atoms with Gasteiger partial charge < -0.3 is 10.5 Å². The Balaban J connectivity index is 2.09. The van der Waals surface area contributed by atoms with Crippen LogP contribution in [0.4, 0.5) is 0 Å². The standard InChI is InChI=1S/C15H16BrNO/c1-11-4-2-3-5-15(11)18-10-13-7-6-12(9-17)8-14(13)16/h2-8H,9-10,17H2,1H3. The van der Waals surface area contributed by atoms with Crippen LogP contribution in [0.3, 0.4) is 0 Å². The molecular weight excluding hydrogens is 290 g/mol. The molecule has 0 heterocycles. The molecule has 0 amide bonds. The SMILES string of the molecule is Cc1ccccc1OCc1ccc(CN)cc1Br. The summed E-state index contributed by atoms with van der Waals surface area (Å²) in [6.07, 6.45) is 0. The minimum absolute atomic E-state index is 0.552. The number of hydrogen-bond donors (Lipinski definition) is 1. The third-order valence-corrected chi connectivity index (χ3v) is 3.57. The predicted molar refractivity (Wildman–Crippen MR) is 77.5 cm³/mol. The largest absolute Gasteiger partial charge is 0.489 e. The maximum absolute atomic E-state index is 5.82. The summed E-state index contributed by atoms with van der Waals surface area (Å²) in [5, 5.41) is 0. The van der Waals surface area contributed by atoms with E-state index in [0.717, 1.165) is 26.9 Å². The number of aryl methyl sites for hydroxylation is 1. The average Bonchev–Trinajstić information content (AvgIpc) is 2.39. The number of nitrogens with two attached hydrogens (primary N) is 1. The van der Waals surface area contributed by atoms with Crippen molar-refractivity contribution in [2.75, 3.05) is 0 Å². The zero-order chi connectivity index (χ0) is 13.0. The van der Waals surface area contributed by atoms with E-state index < -0.39 is 0 Å². The van der Waals surface area contributed by atoms with Crippen molar-refractivity contribution in [2.45, 2.75) is 20.1 Å². The molecule has 0 aromatic heterocycles. The van der Waals surface area contributed by atoms with Gasteiger partial charge >= 0.3 is 0 Å². The van der Waals surface area contributed by atoms with E-state index in [9.17, 15) is 0 Å². The Bertz CT molecular complexity index is 540. The minimum Gasteiger partial charge on any atom is -0.489 e. The molecule has 18 heavy (non-hydrogen) atoms. The molecule has 2 aromatic carbocycles. The second-order valence-corrected chi connectivity index (χ2v) is 5.04. The molecule has 0 spiro atoms. The zero-order valence-electron chi connectivity index (χ0n) is 10.3. The van der Waals surface area contributed by atoms with Crippen LogP contribution in [-0.2, 0) is 13.2 Å². The van der Waals surface area contributed by atoms with E-state index in [-0.39, 0.29) is 0 Å². The molecule has 0 unspecified atom stereocenters. The van der Waals surface area contributed by atoms with Crippen molar-refractivity contribution in [1.29, 1.82) is 0 Å². The first-order valence-corrected chi connectivity index (χ1v) is 6.66. The molecule has 2 rings (SSSR count). The van der Waals surface area contributed by atoms with Crippen molar-refractivity contribution in [1.82, 2.24) is 0 Å². The van der Waals surface area contributed by atoms with Gasteiger partial charge in [0.1, 0.15) is 12.4 Å². The fourth-order valence-electron chi connectivity index (χ4n) is 1.71. The molecule has 3 heteroatoms. The highest BCUT2D eigenvalue weighted by Crippen LogP contribution is 2.22. The molecule has 2 N–H and O–H groups in total. The van der Waals surface area contributed by atoms with E-state index in [2.05, 4.69) is 15.9 Å². The van der Waals surface area contributed by atoms with Gasteiger partial charge in [-0.05, 0) is 30.2 Å². The highest BCUT2D eigenvalue weighted by atomic mass is 79.9. The van der Waals surface area contributed by atoms with Crippen molar-refractivity contribution in [3.05, 3.63) is 63.6 Å². The molecule has 0 aliphatic carbocycles. The second-order valence-electron chi connectivity index (χ2n) is 4.18. The summed E-state index contributed by atoms with van der Waals surface area (Å²) >= 11 is 3.54. The summed E-state index contributed by atoms with van der Waals surface area (Å²) in [6, 6.07) is 14.1. The van der Waals surface area contributed by atoms with E-state index >= 15 is 0 Å². The van der Waals surface area contributed by atoms with Crippen LogP contribution in [0.25, 0.3) is 0 Å². The minimum atomic E-state index is 0.552.